The summed E-state index contributed by atoms with van der Waals surface area (Å²) < 4.78 is 61.9. The molecule has 9 nitrogen and oxygen atoms in total. The highest BCUT2D eigenvalue weighted by Gasteiger charge is 2.39. The summed E-state index contributed by atoms with van der Waals surface area (Å²) in [6.07, 6.45) is -2.99. The molecule has 3 N–H and O–H groups in total. The minimum Gasteiger partial charge on any atom is -0.364 e. The van der Waals surface area contributed by atoms with Gasteiger partial charge in [-0.15, -0.1) is 0 Å². The molecule has 2 amide bonds. The molecule has 5 rings (SSSR count). The lowest BCUT2D eigenvalue weighted by molar-refractivity contribution is -0.140. The van der Waals surface area contributed by atoms with E-state index in [4.69, 9.17) is 21.9 Å². The third-order valence-corrected chi connectivity index (χ3v) is 6.22. The number of halogens is 5. The number of nitrogens with two attached hydrogens (primary N) is 1. The van der Waals surface area contributed by atoms with Crippen LogP contribution in [0, 0.1) is 12.7 Å². The number of alkyl halides is 3. The van der Waals surface area contributed by atoms with E-state index in [1.807, 2.05) is 0 Å². The van der Waals surface area contributed by atoms with Crippen molar-refractivity contribution in [3.05, 3.63) is 69.2 Å². The molecule has 1 aliphatic rings. The van der Waals surface area contributed by atoms with Gasteiger partial charge in [0.1, 0.15) is 23.0 Å². The number of amides is 2. The van der Waals surface area contributed by atoms with Crippen LogP contribution in [-0.2, 0) is 12.7 Å². The lowest BCUT2D eigenvalue weighted by Gasteiger charge is -2.12. The highest BCUT2D eigenvalue weighted by atomic mass is 35.5. The van der Waals surface area contributed by atoms with E-state index in [1.165, 1.54) is 6.92 Å². The zero-order chi connectivity index (χ0) is 26.6. The molecular formula is C23H17ClF4N6O3. The van der Waals surface area contributed by atoms with Gasteiger partial charge in [0.15, 0.2) is 5.69 Å². The molecule has 1 aliphatic carbocycles. The van der Waals surface area contributed by atoms with Crippen LogP contribution in [0.5, 0.6) is 0 Å². The Morgan fingerprint density at radius 3 is 2.62 bits per heavy atom. The summed E-state index contributed by atoms with van der Waals surface area (Å²) in [5, 5.41) is 9.45. The molecule has 14 heteroatoms. The van der Waals surface area contributed by atoms with Crippen molar-refractivity contribution in [1.29, 1.82) is 0 Å². The second-order valence-electron chi connectivity index (χ2n) is 8.62. The topological polar surface area (TPSA) is 129 Å². The van der Waals surface area contributed by atoms with E-state index >= 15 is 0 Å². The van der Waals surface area contributed by atoms with Gasteiger partial charge in [-0.1, -0.05) is 16.8 Å². The molecule has 0 bridgehead atoms. The second-order valence-corrected chi connectivity index (χ2v) is 9.02. The summed E-state index contributed by atoms with van der Waals surface area (Å²) in [5.41, 5.74) is 2.91. The van der Waals surface area contributed by atoms with Gasteiger partial charge >= 0.3 is 6.18 Å². The van der Waals surface area contributed by atoms with Gasteiger partial charge in [-0.05, 0) is 31.9 Å². The third-order valence-electron chi connectivity index (χ3n) is 5.93. The molecule has 1 fully saturated rings. The van der Waals surface area contributed by atoms with E-state index in [0.29, 0.717) is 11.5 Å². The Balaban J connectivity index is 1.54. The van der Waals surface area contributed by atoms with Crippen LogP contribution in [0.15, 0.2) is 28.8 Å². The molecule has 0 saturated heterocycles. The zero-order valence-corrected chi connectivity index (χ0v) is 19.7. The smallest absolute Gasteiger partial charge is 0.364 e. The minimum atomic E-state index is -4.91. The molecular weight excluding hydrogens is 520 g/mol. The molecule has 1 saturated carbocycles. The number of carbonyl (C=O) groups is 2. The fourth-order valence-corrected chi connectivity index (χ4v) is 4.04. The number of benzene rings is 1. The number of nitrogens with zero attached hydrogens (tertiary/aromatic N) is 4. The quantitative estimate of drug-likeness (QED) is 0.340. The largest absolute Gasteiger partial charge is 0.437 e. The Hall–Kier alpha value is -4.00. The average Bonchev–Trinajstić information content (AvgIpc) is 3.49. The van der Waals surface area contributed by atoms with Crippen molar-refractivity contribution in [1.82, 2.24) is 19.9 Å². The molecule has 0 atom stereocenters. The van der Waals surface area contributed by atoms with Gasteiger partial charge in [0.25, 0.3) is 11.8 Å². The number of nitrogens with one attached hydrogen (secondary N) is 1. The van der Waals surface area contributed by atoms with Crippen LogP contribution >= 0.6 is 11.6 Å². The van der Waals surface area contributed by atoms with Crippen molar-refractivity contribution in [3.63, 3.8) is 0 Å². The summed E-state index contributed by atoms with van der Waals surface area (Å²) >= 11 is 5.84. The Morgan fingerprint density at radius 1 is 1.24 bits per heavy atom. The van der Waals surface area contributed by atoms with Crippen LogP contribution in [0.4, 0.5) is 23.2 Å². The highest BCUT2D eigenvalue weighted by Crippen LogP contribution is 2.40. The van der Waals surface area contributed by atoms with Crippen LogP contribution < -0.4 is 11.1 Å². The molecule has 0 aliphatic heterocycles. The number of carbonyl (C=O) groups excluding carboxylic acids is 2. The minimum absolute atomic E-state index is 0.00251. The van der Waals surface area contributed by atoms with E-state index in [1.54, 1.807) is 6.07 Å². The molecule has 3 heterocycles. The number of aromatic nitrogens is 4. The van der Waals surface area contributed by atoms with E-state index in [9.17, 15) is 27.2 Å². The van der Waals surface area contributed by atoms with E-state index in [-0.39, 0.29) is 45.3 Å². The molecule has 4 aromatic rings. The number of primary amides is 1. The predicted octanol–water partition coefficient (Wildman–Crippen LogP) is 4.82. The van der Waals surface area contributed by atoms with Gasteiger partial charge in [-0.3, -0.25) is 14.3 Å². The number of pyridine rings is 1. The maximum absolute atomic E-state index is 14.0. The molecule has 0 unspecified atom stereocenters. The monoisotopic (exact) mass is 536 g/mol. The maximum atomic E-state index is 14.0. The zero-order valence-electron chi connectivity index (χ0n) is 19.0. The lowest BCUT2D eigenvalue weighted by Crippen LogP contribution is -2.19. The number of hydrogen-bond acceptors (Lipinski definition) is 6. The number of anilines is 1. The van der Waals surface area contributed by atoms with Crippen LogP contribution in [0.2, 0.25) is 5.02 Å². The summed E-state index contributed by atoms with van der Waals surface area (Å²) in [5.74, 6) is -2.01. The van der Waals surface area contributed by atoms with Gasteiger partial charge in [0.05, 0.1) is 34.0 Å². The van der Waals surface area contributed by atoms with E-state index < -0.39 is 35.2 Å². The van der Waals surface area contributed by atoms with Crippen molar-refractivity contribution >= 4 is 40.0 Å². The van der Waals surface area contributed by atoms with Crippen LogP contribution in [0.3, 0.4) is 0 Å². The molecule has 192 valence electrons. The van der Waals surface area contributed by atoms with Crippen molar-refractivity contribution in [3.8, 4) is 0 Å². The number of rotatable bonds is 6. The standard InChI is InChI=1S/C23H17ClF4N6O3/c1-9-19(20(23(26,27)28)32-34(9)8-11-4-18(37-33-11)10-2-3-10)31-22(36)13-6-17(21(29)35)30-16-7-15(25)14(24)5-12(13)16/h4-7,10H,2-3,8H2,1H3,(H2,29,35)(H,31,36). The van der Waals surface area contributed by atoms with Crippen LogP contribution in [0.1, 0.15) is 62.4 Å². The fraction of sp³-hybridized carbons (Fsp3) is 0.261. The first-order valence-electron chi connectivity index (χ1n) is 10.9. The normalized spacial score (nSPS) is 13.8. The van der Waals surface area contributed by atoms with Crippen molar-refractivity contribution < 1.29 is 31.7 Å². The summed E-state index contributed by atoms with van der Waals surface area (Å²) in [6.45, 7) is 1.23. The van der Waals surface area contributed by atoms with Crippen molar-refractivity contribution in [2.75, 3.05) is 5.32 Å². The molecule has 0 radical (unpaired) electrons. The molecule has 3 aromatic heterocycles. The first-order chi connectivity index (χ1) is 17.4. The van der Waals surface area contributed by atoms with Gasteiger partial charge in [-0.25, -0.2) is 9.37 Å². The summed E-state index contributed by atoms with van der Waals surface area (Å²) in [4.78, 5) is 28.9. The number of fused-ring (bicyclic) bond motifs is 1. The van der Waals surface area contributed by atoms with Crippen molar-refractivity contribution in [2.45, 2.75) is 38.4 Å². The van der Waals surface area contributed by atoms with Crippen molar-refractivity contribution in [2.24, 2.45) is 5.73 Å². The second kappa shape index (κ2) is 8.83. The van der Waals surface area contributed by atoms with E-state index in [0.717, 1.165) is 35.7 Å². The average molecular weight is 537 g/mol. The van der Waals surface area contributed by atoms with Gasteiger partial charge in [0.2, 0.25) is 0 Å². The Labute approximate surface area is 210 Å². The first kappa shape index (κ1) is 24.7. The maximum Gasteiger partial charge on any atom is 0.437 e. The molecule has 1 aromatic carbocycles. The SMILES string of the molecule is Cc1c(NC(=O)c2cc(C(N)=O)nc3cc(F)c(Cl)cc23)c(C(F)(F)F)nn1Cc1cc(C2CC2)on1. The Morgan fingerprint density at radius 2 is 1.97 bits per heavy atom. The van der Waals surface area contributed by atoms with Gasteiger partial charge in [0, 0.05) is 23.4 Å². The van der Waals surface area contributed by atoms with Crippen LogP contribution in [-0.4, -0.2) is 31.7 Å². The van der Waals surface area contributed by atoms with Gasteiger partial charge < -0.3 is 15.6 Å². The van der Waals surface area contributed by atoms with Gasteiger partial charge in [-0.2, -0.15) is 18.3 Å². The third kappa shape index (κ3) is 4.73. The molecule has 0 spiro atoms. The summed E-state index contributed by atoms with van der Waals surface area (Å²) in [6, 6.07) is 4.64. The first-order valence-corrected chi connectivity index (χ1v) is 11.3. The van der Waals surface area contributed by atoms with E-state index in [2.05, 4.69) is 20.6 Å². The Kier molecular flexibility index (Phi) is 5.89. The predicted molar refractivity (Wildman–Crippen MR) is 123 cm³/mol. The lowest BCUT2D eigenvalue weighted by atomic mass is 10.1. The number of hydrogen-bond donors (Lipinski definition) is 2. The highest BCUT2D eigenvalue weighted by molar-refractivity contribution is 6.31. The summed E-state index contributed by atoms with van der Waals surface area (Å²) in [7, 11) is 0. The fourth-order valence-electron chi connectivity index (χ4n) is 3.88. The Bertz CT molecular complexity index is 1570. The molecule has 37 heavy (non-hydrogen) atoms. The van der Waals surface area contributed by atoms with Crippen LogP contribution in [0.25, 0.3) is 10.9 Å².